The molecular formula is C53H35N7. The van der Waals surface area contributed by atoms with Crippen molar-refractivity contribution in [1.82, 2.24) is 34.9 Å². The van der Waals surface area contributed by atoms with E-state index in [1.165, 1.54) is 0 Å². The van der Waals surface area contributed by atoms with Crippen molar-refractivity contribution < 1.29 is 0 Å². The number of hydrogen-bond acceptors (Lipinski definition) is 7. The lowest BCUT2D eigenvalue weighted by atomic mass is 10.0. The van der Waals surface area contributed by atoms with Gasteiger partial charge < -0.3 is 0 Å². The standard InChI is InChI=1S/C53H35N7/c1-6-18-36(19-7-1)41-32-48(43-29-16-30-44(55-43)49-35-47(39-24-12-4-13-25-39)57-52(60-49)40-26-14-5-15-27-40)56-50(33-41)51-42(28-17-31-54-51)53-58-45(37-20-8-2-9-21-37)34-46(59-53)38-22-10-3-11-23-38/h1-35H. The normalized spacial score (nSPS) is 11.0. The molecule has 5 aromatic carbocycles. The Morgan fingerprint density at radius 3 is 1.20 bits per heavy atom. The first-order valence-electron chi connectivity index (χ1n) is 19.7. The van der Waals surface area contributed by atoms with Gasteiger partial charge in [-0.1, -0.05) is 158 Å². The van der Waals surface area contributed by atoms with Crippen LogP contribution in [0.15, 0.2) is 212 Å². The molecule has 0 N–H and O–H groups in total. The fourth-order valence-electron chi connectivity index (χ4n) is 7.22. The molecule has 7 heteroatoms. The molecule has 0 unspecified atom stereocenters. The minimum Gasteiger partial charge on any atom is -0.254 e. The van der Waals surface area contributed by atoms with Gasteiger partial charge >= 0.3 is 0 Å². The molecule has 5 heterocycles. The average Bonchev–Trinajstić information content (AvgIpc) is 3.35. The number of rotatable bonds is 9. The Bertz CT molecular complexity index is 2950. The van der Waals surface area contributed by atoms with E-state index in [4.69, 9.17) is 34.9 Å². The lowest BCUT2D eigenvalue weighted by Crippen LogP contribution is -2.01. The third kappa shape index (κ3) is 7.58. The van der Waals surface area contributed by atoms with Crippen LogP contribution >= 0.6 is 0 Å². The highest BCUT2D eigenvalue weighted by Crippen LogP contribution is 2.36. The molecule has 0 aliphatic carbocycles. The Morgan fingerprint density at radius 2 is 0.650 bits per heavy atom. The summed E-state index contributed by atoms with van der Waals surface area (Å²) in [5.74, 6) is 1.18. The molecule has 10 rings (SSSR count). The Kier molecular flexibility index (Phi) is 9.79. The molecular weight excluding hydrogens is 735 g/mol. The fraction of sp³-hybridized carbons (Fsp3) is 0. The summed E-state index contributed by atoms with van der Waals surface area (Å²) in [6.07, 6.45) is 1.79. The highest BCUT2D eigenvalue weighted by Gasteiger charge is 2.19. The third-order valence-electron chi connectivity index (χ3n) is 10.2. The average molecular weight is 770 g/mol. The molecule has 0 bridgehead atoms. The SMILES string of the molecule is c1ccc(-c2cc(-c3cccc(-c4cc(-c5ccccc5)nc(-c5ccccc5)n4)n3)nc(-c3ncccc3-c3nc(-c4ccccc4)cc(-c4ccccc4)n3)c2)cc1. The number of aromatic nitrogens is 7. The zero-order chi connectivity index (χ0) is 40.1. The largest absolute Gasteiger partial charge is 0.254 e. The van der Waals surface area contributed by atoms with Crippen LogP contribution in [0.1, 0.15) is 0 Å². The lowest BCUT2D eigenvalue weighted by molar-refractivity contribution is 1.15. The molecule has 0 fully saturated rings. The first kappa shape index (κ1) is 36.1. The van der Waals surface area contributed by atoms with Gasteiger partial charge in [0.1, 0.15) is 0 Å². The zero-order valence-electron chi connectivity index (χ0n) is 32.3. The number of benzene rings is 5. The highest BCUT2D eigenvalue weighted by atomic mass is 14.9. The van der Waals surface area contributed by atoms with E-state index in [0.717, 1.165) is 56.0 Å². The first-order valence-corrected chi connectivity index (χ1v) is 19.7. The molecule has 0 spiro atoms. The van der Waals surface area contributed by atoms with Crippen LogP contribution in [-0.2, 0) is 0 Å². The number of pyridine rings is 3. The van der Waals surface area contributed by atoms with Crippen LogP contribution in [-0.4, -0.2) is 34.9 Å². The van der Waals surface area contributed by atoms with E-state index < -0.39 is 0 Å². The quantitative estimate of drug-likeness (QED) is 0.144. The Labute approximate surface area is 347 Å². The topological polar surface area (TPSA) is 90.2 Å². The molecule has 60 heavy (non-hydrogen) atoms. The number of nitrogens with zero attached hydrogens (tertiary/aromatic N) is 7. The molecule has 0 amide bonds. The predicted molar refractivity (Wildman–Crippen MR) is 240 cm³/mol. The second-order valence-corrected chi connectivity index (χ2v) is 14.2. The second kappa shape index (κ2) is 16.3. The van der Waals surface area contributed by atoms with Gasteiger partial charge in [-0.05, 0) is 59.7 Å². The molecule has 0 atom stereocenters. The third-order valence-corrected chi connectivity index (χ3v) is 10.2. The van der Waals surface area contributed by atoms with Gasteiger partial charge in [-0.3, -0.25) is 4.98 Å². The van der Waals surface area contributed by atoms with Crippen LogP contribution < -0.4 is 0 Å². The lowest BCUT2D eigenvalue weighted by Gasteiger charge is -2.14. The molecule has 0 saturated carbocycles. The van der Waals surface area contributed by atoms with E-state index in [9.17, 15) is 0 Å². The van der Waals surface area contributed by atoms with Gasteiger partial charge in [0, 0.05) is 34.0 Å². The van der Waals surface area contributed by atoms with Crippen molar-refractivity contribution in [1.29, 1.82) is 0 Å². The molecule has 5 aromatic heterocycles. The van der Waals surface area contributed by atoms with E-state index in [2.05, 4.69) is 60.7 Å². The fourth-order valence-corrected chi connectivity index (χ4v) is 7.22. The van der Waals surface area contributed by atoms with E-state index >= 15 is 0 Å². The van der Waals surface area contributed by atoms with Crippen LogP contribution in [0.25, 0.3) is 102 Å². The minimum absolute atomic E-state index is 0.555. The van der Waals surface area contributed by atoms with Crippen LogP contribution in [0.4, 0.5) is 0 Å². The summed E-state index contributed by atoms with van der Waals surface area (Å²) in [6.45, 7) is 0. The van der Waals surface area contributed by atoms with Gasteiger partial charge in [0.25, 0.3) is 0 Å². The molecule has 10 aromatic rings. The van der Waals surface area contributed by atoms with Gasteiger partial charge in [0.2, 0.25) is 0 Å². The zero-order valence-corrected chi connectivity index (χ0v) is 32.3. The summed E-state index contributed by atoms with van der Waals surface area (Å²) in [5, 5.41) is 0. The molecule has 7 nitrogen and oxygen atoms in total. The summed E-state index contributed by atoms with van der Waals surface area (Å²) in [5.41, 5.74) is 13.3. The Morgan fingerprint density at radius 1 is 0.233 bits per heavy atom. The van der Waals surface area contributed by atoms with E-state index in [0.29, 0.717) is 45.8 Å². The van der Waals surface area contributed by atoms with Crippen LogP contribution in [0, 0.1) is 0 Å². The van der Waals surface area contributed by atoms with Gasteiger partial charge in [0.05, 0.1) is 51.2 Å². The summed E-state index contributed by atoms with van der Waals surface area (Å²) >= 11 is 0. The maximum atomic E-state index is 5.30. The summed E-state index contributed by atoms with van der Waals surface area (Å²) in [7, 11) is 0. The molecule has 282 valence electrons. The Balaban J connectivity index is 1.13. The van der Waals surface area contributed by atoms with Crippen LogP contribution in [0.2, 0.25) is 0 Å². The second-order valence-electron chi connectivity index (χ2n) is 14.2. The monoisotopic (exact) mass is 769 g/mol. The van der Waals surface area contributed by atoms with Gasteiger partial charge in [-0.25, -0.2) is 29.9 Å². The Hall–Kier alpha value is -8.29. The van der Waals surface area contributed by atoms with E-state index in [1.54, 1.807) is 6.20 Å². The van der Waals surface area contributed by atoms with E-state index in [1.807, 2.05) is 146 Å². The molecule has 0 aliphatic rings. The molecule has 0 aliphatic heterocycles. The molecule has 0 radical (unpaired) electrons. The van der Waals surface area contributed by atoms with Crippen molar-refractivity contribution in [3.05, 3.63) is 212 Å². The maximum absolute atomic E-state index is 5.30. The van der Waals surface area contributed by atoms with Crippen molar-refractivity contribution in [2.45, 2.75) is 0 Å². The number of hydrogen-bond donors (Lipinski definition) is 0. The van der Waals surface area contributed by atoms with Gasteiger partial charge in [-0.2, -0.15) is 0 Å². The van der Waals surface area contributed by atoms with Crippen LogP contribution in [0.5, 0.6) is 0 Å². The summed E-state index contributed by atoms with van der Waals surface area (Å²) < 4.78 is 0. The van der Waals surface area contributed by atoms with Crippen molar-refractivity contribution in [2.75, 3.05) is 0 Å². The van der Waals surface area contributed by atoms with Crippen LogP contribution in [0.3, 0.4) is 0 Å². The summed E-state index contributed by atoms with van der Waals surface area (Å²) in [6, 6.07) is 68.9. The predicted octanol–water partition coefficient (Wildman–Crippen LogP) is 12.5. The van der Waals surface area contributed by atoms with Crippen molar-refractivity contribution in [2.24, 2.45) is 0 Å². The molecule has 0 saturated heterocycles. The van der Waals surface area contributed by atoms with Gasteiger partial charge in [-0.15, -0.1) is 0 Å². The highest BCUT2D eigenvalue weighted by molar-refractivity contribution is 5.83. The van der Waals surface area contributed by atoms with Crippen molar-refractivity contribution >= 4 is 0 Å². The minimum atomic E-state index is 0.555. The first-order chi connectivity index (χ1) is 29.7. The van der Waals surface area contributed by atoms with Crippen molar-refractivity contribution in [3.8, 4) is 102 Å². The maximum Gasteiger partial charge on any atom is 0.162 e. The van der Waals surface area contributed by atoms with Gasteiger partial charge in [0.15, 0.2) is 11.6 Å². The van der Waals surface area contributed by atoms with E-state index in [-0.39, 0.29) is 0 Å². The van der Waals surface area contributed by atoms with Crippen molar-refractivity contribution in [3.63, 3.8) is 0 Å². The summed E-state index contributed by atoms with van der Waals surface area (Å²) in [4.78, 5) is 35.8. The smallest absolute Gasteiger partial charge is 0.162 e.